The lowest BCUT2D eigenvalue weighted by molar-refractivity contribution is 0.521. The number of fused-ring (bicyclic) bond motifs is 6. The van der Waals surface area contributed by atoms with E-state index in [-0.39, 0.29) is 21.9 Å². The molecule has 0 bridgehead atoms. The Balaban J connectivity index is 1.09. The molecule has 0 amide bonds. The van der Waals surface area contributed by atoms with Gasteiger partial charge in [0.05, 0.1) is 44.3 Å². The van der Waals surface area contributed by atoms with Crippen LogP contribution in [0.25, 0.3) is 66.2 Å². The normalized spacial score (nSPS) is 16.4. The van der Waals surface area contributed by atoms with Crippen LogP contribution in [-0.2, 0) is 9.84 Å². The molecule has 0 saturated carbocycles. The van der Waals surface area contributed by atoms with Crippen LogP contribution in [0.4, 0.5) is 5.69 Å². The van der Waals surface area contributed by atoms with Gasteiger partial charge in [-0.2, -0.15) is 10.2 Å². The summed E-state index contributed by atoms with van der Waals surface area (Å²) in [5.41, 5.74) is 9.76. The second-order valence-electron chi connectivity index (χ2n) is 14.4. The Morgan fingerprint density at radius 2 is 1.13 bits per heavy atom. The van der Waals surface area contributed by atoms with Crippen molar-refractivity contribution in [1.82, 2.24) is 18.7 Å². The molecule has 6 heterocycles. The maximum absolute atomic E-state index is 15.3. The molecular formula is C46H30N6O2S. The first-order valence-corrected chi connectivity index (χ1v) is 19.8. The van der Waals surface area contributed by atoms with Gasteiger partial charge in [-0.3, -0.25) is 4.40 Å². The van der Waals surface area contributed by atoms with E-state index in [1.54, 1.807) is 0 Å². The van der Waals surface area contributed by atoms with Crippen molar-refractivity contribution in [2.75, 3.05) is 5.01 Å². The van der Waals surface area contributed by atoms with E-state index in [0.717, 1.165) is 77.4 Å². The number of hydrogen-bond acceptors (Lipinski definition) is 5. The Hall–Kier alpha value is -6.97. The first-order valence-electron chi connectivity index (χ1n) is 18.3. The molecule has 2 unspecified atom stereocenters. The van der Waals surface area contributed by atoms with Crippen LogP contribution in [0.1, 0.15) is 17.6 Å². The lowest BCUT2D eigenvalue weighted by Gasteiger charge is -2.25. The molecule has 12 rings (SSSR count). The predicted molar refractivity (Wildman–Crippen MR) is 218 cm³/mol. The molecule has 262 valence electrons. The molecule has 8 nitrogen and oxygen atoms in total. The average molecular weight is 731 g/mol. The quantitative estimate of drug-likeness (QED) is 0.171. The molecular weight excluding hydrogens is 701 g/mol. The number of hydrogen-bond donors (Lipinski definition) is 0. The highest BCUT2D eigenvalue weighted by atomic mass is 32.2. The first kappa shape index (κ1) is 30.5. The lowest BCUT2D eigenvalue weighted by atomic mass is 9.96. The molecule has 0 radical (unpaired) electrons. The van der Waals surface area contributed by atoms with Gasteiger partial charge in [0.2, 0.25) is 9.84 Å². The van der Waals surface area contributed by atoms with Crippen LogP contribution in [0.2, 0.25) is 0 Å². The van der Waals surface area contributed by atoms with Crippen molar-refractivity contribution in [2.24, 2.45) is 5.10 Å². The molecule has 0 aliphatic carbocycles. The Bertz CT molecular complexity index is 3280. The predicted octanol–water partition coefficient (Wildman–Crippen LogP) is 10.1. The summed E-state index contributed by atoms with van der Waals surface area (Å²) in [4.78, 5) is 0.514. The number of anilines is 1. The summed E-state index contributed by atoms with van der Waals surface area (Å²) in [6.07, 6.45) is 7.95. The summed E-state index contributed by atoms with van der Waals surface area (Å²) >= 11 is 0. The molecule has 2 aliphatic rings. The third kappa shape index (κ3) is 4.18. The molecule has 9 heteroatoms. The van der Waals surface area contributed by atoms with Gasteiger partial charge in [-0.05, 0) is 65.2 Å². The highest BCUT2D eigenvalue weighted by Crippen LogP contribution is 2.51. The molecule has 2 aliphatic heterocycles. The maximum atomic E-state index is 15.3. The molecule has 0 fully saturated rings. The van der Waals surface area contributed by atoms with Gasteiger partial charge in [0, 0.05) is 51.3 Å². The van der Waals surface area contributed by atoms with E-state index in [4.69, 9.17) is 10.2 Å². The fourth-order valence-corrected chi connectivity index (χ4v) is 10.4. The van der Waals surface area contributed by atoms with Crippen LogP contribution in [0.15, 0.2) is 179 Å². The van der Waals surface area contributed by atoms with E-state index in [0.29, 0.717) is 0 Å². The lowest BCUT2D eigenvalue weighted by Crippen LogP contribution is -2.24. The minimum atomic E-state index is -4.04. The molecule has 0 spiro atoms. The molecule has 0 N–H and O–H groups in total. The molecule has 0 saturated heterocycles. The van der Waals surface area contributed by atoms with E-state index in [9.17, 15) is 0 Å². The monoisotopic (exact) mass is 730 g/mol. The number of rotatable bonds is 6. The number of aromatic nitrogens is 4. The molecule has 2 atom stereocenters. The highest BCUT2D eigenvalue weighted by molar-refractivity contribution is 7.91. The van der Waals surface area contributed by atoms with E-state index in [2.05, 4.69) is 57.8 Å². The van der Waals surface area contributed by atoms with Gasteiger partial charge in [-0.25, -0.2) is 18.1 Å². The third-order valence-corrected chi connectivity index (χ3v) is 13.2. The maximum Gasteiger partial charge on any atom is 0.206 e. The zero-order valence-electron chi connectivity index (χ0n) is 29.2. The van der Waals surface area contributed by atoms with Gasteiger partial charge in [0.25, 0.3) is 0 Å². The highest BCUT2D eigenvalue weighted by Gasteiger charge is 2.43. The SMILES string of the molecule is O=S(=O)(c1cc2c3c(c1)c(-c1ccccc1)cn3C1C2C=NN1c1ccccc1)c1cc2c(-c3ccccc3)cn3c2c(c1)c1cnn(-c2ccccc2)c13. The Labute approximate surface area is 315 Å². The van der Waals surface area contributed by atoms with Gasteiger partial charge < -0.3 is 4.57 Å². The van der Waals surface area contributed by atoms with Gasteiger partial charge >= 0.3 is 0 Å². The second-order valence-corrected chi connectivity index (χ2v) is 16.3. The molecule has 6 aromatic carbocycles. The Kier molecular flexibility index (Phi) is 6.12. The minimum absolute atomic E-state index is 0.122. The van der Waals surface area contributed by atoms with Gasteiger partial charge in [0.1, 0.15) is 11.8 Å². The average Bonchev–Trinajstić information content (AvgIpc) is 4.09. The van der Waals surface area contributed by atoms with Crippen molar-refractivity contribution in [3.8, 4) is 27.9 Å². The summed E-state index contributed by atoms with van der Waals surface area (Å²) < 4.78 is 36.9. The Morgan fingerprint density at radius 1 is 0.564 bits per heavy atom. The number of sulfone groups is 1. The summed E-state index contributed by atoms with van der Waals surface area (Å²) in [6.45, 7) is 0. The van der Waals surface area contributed by atoms with Crippen molar-refractivity contribution in [1.29, 1.82) is 0 Å². The van der Waals surface area contributed by atoms with Crippen LogP contribution in [0.3, 0.4) is 0 Å². The zero-order valence-corrected chi connectivity index (χ0v) is 30.0. The van der Waals surface area contributed by atoms with E-state index in [1.807, 2.05) is 131 Å². The van der Waals surface area contributed by atoms with Crippen LogP contribution in [0.5, 0.6) is 0 Å². The summed E-state index contributed by atoms with van der Waals surface area (Å²) in [5.74, 6) is -0.122. The van der Waals surface area contributed by atoms with Crippen LogP contribution >= 0.6 is 0 Å². The smallest absolute Gasteiger partial charge is 0.206 e. The number of nitrogens with zero attached hydrogens (tertiary/aromatic N) is 6. The molecule has 55 heavy (non-hydrogen) atoms. The van der Waals surface area contributed by atoms with Gasteiger partial charge in [-0.1, -0.05) is 97.1 Å². The van der Waals surface area contributed by atoms with Crippen LogP contribution in [-0.4, -0.2) is 33.4 Å². The van der Waals surface area contributed by atoms with Crippen LogP contribution < -0.4 is 5.01 Å². The second kappa shape index (κ2) is 11.0. The molecule has 10 aromatic rings. The number of benzene rings is 6. The standard InChI is InChI=1S/C46H30N6O2S/c53-55(54,33-21-35-39-25-47-51(31-17-9-3-10-18-31)45(39)49-27-41(37(23-33)43(35)49)29-13-5-1-6-14-29)34-22-36-40-26-48-52(32-19-11-4-12-20-32)46(40)50-28-42(38(24-34)44(36)50)30-15-7-2-8-16-30/h1-28,39,45H. The first-order chi connectivity index (χ1) is 27.0. The van der Waals surface area contributed by atoms with Crippen molar-refractivity contribution in [2.45, 2.75) is 21.9 Å². The fraction of sp³-hybridized carbons (Fsp3) is 0.0435. The van der Waals surface area contributed by atoms with E-state index >= 15 is 8.42 Å². The van der Waals surface area contributed by atoms with Gasteiger partial charge in [0.15, 0.2) is 0 Å². The largest absolute Gasteiger partial charge is 0.323 e. The number of hydrazone groups is 1. The van der Waals surface area contributed by atoms with Crippen LogP contribution in [0, 0.1) is 0 Å². The van der Waals surface area contributed by atoms with Crippen molar-refractivity contribution in [3.05, 3.63) is 170 Å². The van der Waals surface area contributed by atoms with Crippen molar-refractivity contribution < 1.29 is 8.42 Å². The summed E-state index contributed by atoms with van der Waals surface area (Å²) in [7, 11) is -4.04. The summed E-state index contributed by atoms with van der Waals surface area (Å²) in [5, 5.41) is 15.3. The van der Waals surface area contributed by atoms with Crippen molar-refractivity contribution in [3.63, 3.8) is 0 Å². The summed E-state index contributed by atoms with van der Waals surface area (Å²) in [6, 6.07) is 48.0. The van der Waals surface area contributed by atoms with E-state index < -0.39 is 9.84 Å². The fourth-order valence-electron chi connectivity index (χ4n) is 9.00. The molecule has 4 aromatic heterocycles. The number of para-hydroxylation sites is 2. The van der Waals surface area contributed by atoms with Crippen molar-refractivity contribution >= 4 is 60.0 Å². The Morgan fingerprint density at radius 3 is 1.80 bits per heavy atom. The third-order valence-electron chi connectivity index (χ3n) is 11.4. The topological polar surface area (TPSA) is 76.9 Å². The zero-order chi connectivity index (χ0) is 36.4. The minimum Gasteiger partial charge on any atom is -0.323 e. The van der Waals surface area contributed by atoms with Gasteiger partial charge in [-0.15, -0.1) is 0 Å². The van der Waals surface area contributed by atoms with E-state index in [1.165, 1.54) is 0 Å².